The molecule has 2 aliphatic heterocycles. The summed E-state index contributed by atoms with van der Waals surface area (Å²) < 4.78 is 45.0. The second kappa shape index (κ2) is 10.8. The van der Waals surface area contributed by atoms with E-state index in [0.717, 1.165) is 48.2 Å². The van der Waals surface area contributed by atoms with Crippen molar-refractivity contribution in [1.29, 1.82) is 0 Å². The first-order valence-electron chi connectivity index (χ1n) is 14.0. The Morgan fingerprint density at radius 2 is 1.71 bits per heavy atom. The van der Waals surface area contributed by atoms with E-state index >= 15 is 0 Å². The summed E-state index contributed by atoms with van der Waals surface area (Å²) >= 11 is 0. The lowest BCUT2D eigenvalue weighted by Crippen LogP contribution is -2.42. The number of aliphatic hydroxyl groups is 1. The van der Waals surface area contributed by atoms with Crippen molar-refractivity contribution in [2.45, 2.75) is 44.5 Å². The van der Waals surface area contributed by atoms with Crippen molar-refractivity contribution in [3.8, 4) is 11.3 Å². The third kappa shape index (κ3) is 5.36. The highest BCUT2D eigenvalue weighted by Crippen LogP contribution is 2.32. The molecule has 218 valence electrons. The summed E-state index contributed by atoms with van der Waals surface area (Å²) in [6.07, 6.45) is 2.62. The van der Waals surface area contributed by atoms with Gasteiger partial charge in [0.15, 0.2) is 0 Å². The van der Waals surface area contributed by atoms with Crippen molar-refractivity contribution in [2.75, 3.05) is 32.4 Å². The Hall–Kier alpha value is -3.32. The van der Waals surface area contributed by atoms with Crippen molar-refractivity contribution in [2.24, 2.45) is 7.05 Å². The molecule has 1 atom stereocenters. The van der Waals surface area contributed by atoms with Gasteiger partial charge in [0.25, 0.3) is 0 Å². The number of aryl methyl sites for hydroxylation is 1. The maximum Gasteiger partial charge on any atom is 0.329 e. The minimum atomic E-state index is -3.39. The van der Waals surface area contributed by atoms with Crippen LogP contribution in [0.5, 0.6) is 0 Å². The molecular weight excluding hydrogens is 547 g/mol. The molecule has 4 heterocycles. The zero-order valence-corrected chi connectivity index (χ0v) is 24.1. The second-order valence-corrected chi connectivity index (χ2v) is 13.2. The minimum Gasteiger partial charge on any atom is -0.390 e. The van der Waals surface area contributed by atoms with Gasteiger partial charge in [-0.3, -0.25) is 13.8 Å². The van der Waals surface area contributed by atoms with Crippen molar-refractivity contribution in [1.82, 2.24) is 28.1 Å². The average Bonchev–Trinajstić information content (AvgIpc) is 3.43. The fourth-order valence-corrected chi connectivity index (χ4v) is 7.11. The molecule has 0 unspecified atom stereocenters. The van der Waals surface area contributed by atoms with Crippen molar-refractivity contribution in [3.05, 3.63) is 76.1 Å². The summed E-state index contributed by atoms with van der Waals surface area (Å²) in [5.41, 5.74) is 4.89. The number of halogens is 1. The zero-order chi connectivity index (χ0) is 28.9. The highest BCUT2D eigenvalue weighted by atomic mass is 32.2. The highest BCUT2D eigenvalue weighted by molar-refractivity contribution is 7.88. The number of β-amino-alcohol motifs (C(OH)–C–C–N with tert-alkyl or cyclic N) is 1. The van der Waals surface area contributed by atoms with Crippen molar-refractivity contribution < 1.29 is 17.9 Å². The van der Waals surface area contributed by atoms with Crippen LogP contribution in [0.25, 0.3) is 22.3 Å². The zero-order valence-electron chi connectivity index (χ0n) is 23.3. The van der Waals surface area contributed by atoms with Crippen LogP contribution in [0.15, 0.2) is 53.3 Å². The molecule has 41 heavy (non-hydrogen) atoms. The molecule has 0 radical (unpaired) electrons. The van der Waals surface area contributed by atoms with Crippen LogP contribution < -0.4 is 5.69 Å². The molecule has 0 saturated carbocycles. The average molecular weight is 583 g/mol. The third-order valence-corrected chi connectivity index (χ3v) is 9.71. The van der Waals surface area contributed by atoms with E-state index in [0.29, 0.717) is 30.8 Å². The first-order chi connectivity index (χ1) is 19.6. The Balaban J connectivity index is 1.16. The number of aromatic nitrogens is 4. The Kier molecular flexibility index (Phi) is 7.35. The van der Waals surface area contributed by atoms with Gasteiger partial charge in [-0.05, 0) is 49.2 Å². The quantitative estimate of drug-likeness (QED) is 0.359. The van der Waals surface area contributed by atoms with Gasteiger partial charge in [-0.2, -0.15) is 9.40 Å². The van der Waals surface area contributed by atoms with Gasteiger partial charge in [0, 0.05) is 69.1 Å². The molecule has 2 aromatic carbocycles. The molecular formula is C29H35FN6O4S. The van der Waals surface area contributed by atoms with Crippen LogP contribution in [0.3, 0.4) is 0 Å². The van der Waals surface area contributed by atoms with Gasteiger partial charge in [0.05, 0.1) is 35.6 Å². The predicted molar refractivity (Wildman–Crippen MR) is 154 cm³/mol. The van der Waals surface area contributed by atoms with Gasteiger partial charge in [0.2, 0.25) is 10.0 Å². The molecule has 10 nitrogen and oxygen atoms in total. The van der Waals surface area contributed by atoms with Gasteiger partial charge in [0.1, 0.15) is 5.82 Å². The number of hydrogen-bond donors (Lipinski definition) is 1. The van der Waals surface area contributed by atoms with Gasteiger partial charge in [-0.25, -0.2) is 17.6 Å². The molecule has 0 amide bonds. The fraction of sp³-hybridized carbons (Fsp3) is 0.448. The lowest BCUT2D eigenvalue weighted by atomic mass is 10.0. The minimum absolute atomic E-state index is 0.000428. The summed E-state index contributed by atoms with van der Waals surface area (Å²) in [7, 11) is -1.58. The van der Waals surface area contributed by atoms with Crippen LogP contribution in [0.1, 0.15) is 30.1 Å². The lowest BCUT2D eigenvalue weighted by Gasteiger charge is -2.33. The van der Waals surface area contributed by atoms with E-state index in [9.17, 15) is 22.7 Å². The predicted octanol–water partition coefficient (Wildman–Crippen LogP) is 2.36. The fourth-order valence-electron chi connectivity index (χ4n) is 6.33. The topological polar surface area (TPSA) is 106 Å². The Morgan fingerprint density at radius 1 is 1.02 bits per heavy atom. The monoisotopic (exact) mass is 582 g/mol. The number of nitrogens with zero attached hydrogens (tertiary/aromatic N) is 6. The number of benzene rings is 2. The normalized spacial score (nSPS) is 18.1. The van der Waals surface area contributed by atoms with Crippen molar-refractivity contribution in [3.63, 3.8) is 0 Å². The highest BCUT2D eigenvalue weighted by Gasteiger charge is 2.31. The van der Waals surface area contributed by atoms with E-state index in [4.69, 9.17) is 5.10 Å². The van der Waals surface area contributed by atoms with Crippen LogP contribution >= 0.6 is 0 Å². The maximum atomic E-state index is 13.6. The standard InChI is InChI=1S/C29H35FN6O4S/c1-32-26-5-3-4-6-27(26)36(29(32)38)22-11-14-33(15-12-22)17-23(37)18-35-25-13-16-34(41(2,39)40)19-24(25)28(31-35)20-7-9-21(30)10-8-20/h3-10,22-23,37H,11-19H2,1-2H3/t23-/m0/s1. The molecule has 1 saturated heterocycles. The van der Waals surface area contributed by atoms with Crippen LogP contribution in [-0.2, 0) is 36.6 Å². The molecule has 1 N–H and O–H groups in total. The SMILES string of the molecule is Cn1c(=O)n(C2CCN(C[C@H](O)Cn3nc(-c4ccc(F)cc4)c4c3CCN(S(C)(=O)=O)C4)CC2)c2ccccc21. The summed E-state index contributed by atoms with van der Waals surface area (Å²) in [4.78, 5) is 15.2. The van der Waals surface area contributed by atoms with Gasteiger partial charge >= 0.3 is 5.69 Å². The summed E-state index contributed by atoms with van der Waals surface area (Å²) in [5.74, 6) is -0.357. The molecule has 6 rings (SSSR count). The van der Waals surface area contributed by atoms with E-state index in [-0.39, 0.29) is 30.6 Å². The Morgan fingerprint density at radius 3 is 2.39 bits per heavy atom. The molecule has 2 aliphatic rings. The van der Waals surface area contributed by atoms with Crippen LogP contribution in [0.4, 0.5) is 4.39 Å². The summed E-state index contributed by atoms with van der Waals surface area (Å²) in [6.45, 7) is 2.80. The molecule has 0 spiro atoms. The molecule has 12 heteroatoms. The van der Waals surface area contributed by atoms with E-state index in [1.165, 1.54) is 22.7 Å². The number of likely N-dealkylation sites (tertiary alicyclic amines) is 1. The summed E-state index contributed by atoms with van der Waals surface area (Å²) in [6, 6.07) is 14.0. The van der Waals surface area contributed by atoms with Crippen molar-refractivity contribution >= 4 is 21.1 Å². The van der Waals surface area contributed by atoms with Crippen LogP contribution in [0.2, 0.25) is 0 Å². The van der Waals surface area contributed by atoms with E-state index in [1.54, 1.807) is 28.4 Å². The van der Waals surface area contributed by atoms with Crippen LogP contribution in [-0.4, -0.2) is 80.2 Å². The number of piperidine rings is 1. The first-order valence-corrected chi connectivity index (χ1v) is 15.8. The largest absolute Gasteiger partial charge is 0.390 e. The smallest absolute Gasteiger partial charge is 0.329 e. The molecule has 0 bridgehead atoms. The second-order valence-electron chi connectivity index (χ2n) is 11.2. The maximum absolute atomic E-state index is 13.6. The van der Waals surface area contributed by atoms with E-state index < -0.39 is 16.1 Å². The Bertz CT molecular complexity index is 1740. The first kappa shape index (κ1) is 27.8. The van der Waals surface area contributed by atoms with E-state index in [1.807, 2.05) is 28.8 Å². The number of fused-ring (bicyclic) bond motifs is 2. The van der Waals surface area contributed by atoms with Crippen LogP contribution in [0, 0.1) is 5.82 Å². The number of rotatable bonds is 7. The van der Waals surface area contributed by atoms with Gasteiger partial charge in [-0.15, -0.1) is 0 Å². The lowest BCUT2D eigenvalue weighted by molar-refractivity contribution is 0.0762. The van der Waals surface area contributed by atoms with Gasteiger partial charge < -0.3 is 10.0 Å². The molecule has 0 aliphatic carbocycles. The number of para-hydroxylation sites is 2. The third-order valence-electron chi connectivity index (χ3n) is 8.46. The molecule has 1 fully saturated rings. The van der Waals surface area contributed by atoms with E-state index in [2.05, 4.69) is 4.90 Å². The number of sulfonamides is 1. The molecule has 2 aromatic heterocycles. The summed E-state index contributed by atoms with van der Waals surface area (Å²) in [5, 5.41) is 15.9. The van der Waals surface area contributed by atoms with Gasteiger partial charge in [-0.1, -0.05) is 12.1 Å². The Labute approximate surface area is 238 Å². The molecule has 4 aromatic rings. The number of aliphatic hydroxyl groups excluding tert-OH is 1. The number of imidazole rings is 1. The number of hydrogen-bond acceptors (Lipinski definition) is 6.